The van der Waals surface area contributed by atoms with E-state index in [4.69, 9.17) is 15.7 Å². The lowest BCUT2D eigenvalue weighted by Crippen LogP contribution is -2.03. The van der Waals surface area contributed by atoms with Crippen LogP contribution in [0.2, 0.25) is 0 Å². The van der Waals surface area contributed by atoms with Gasteiger partial charge in [-0.25, -0.2) is 4.98 Å². The average molecular weight is 257 g/mol. The molecule has 0 bridgehead atoms. The van der Waals surface area contributed by atoms with Crippen LogP contribution in [-0.4, -0.2) is 14.9 Å². The summed E-state index contributed by atoms with van der Waals surface area (Å²) in [6, 6.07) is 8.21. The maximum Gasteiger partial charge on any atom is 0.372 e. The lowest BCUT2D eigenvalue weighted by Gasteiger charge is -2.06. The molecular formula is C11H7N5O3. The van der Waals surface area contributed by atoms with Gasteiger partial charge in [-0.15, -0.1) is 0 Å². The molecule has 0 atom stereocenters. The molecule has 0 radical (unpaired) electrons. The predicted octanol–water partition coefficient (Wildman–Crippen LogP) is 1.63. The minimum absolute atomic E-state index is 0.159. The molecule has 2 rings (SSSR count). The van der Waals surface area contributed by atoms with E-state index in [2.05, 4.69) is 9.97 Å². The molecule has 8 heteroatoms. The second-order valence-corrected chi connectivity index (χ2v) is 3.38. The maximum atomic E-state index is 10.9. The molecule has 1 heterocycles. The molecule has 94 valence electrons. The van der Waals surface area contributed by atoms with E-state index >= 15 is 0 Å². The number of nitrogens with zero attached hydrogens (tertiary/aromatic N) is 4. The van der Waals surface area contributed by atoms with Gasteiger partial charge in [0.2, 0.25) is 5.82 Å². The molecule has 0 amide bonds. The molecule has 0 aliphatic carbocycles. The molecule has 0 unspecified atom stereocenters. The minimum atomic E-state index is -0.736. The smallest absolute Gasteiger partial charge is 0.372 e. The van der Waals surface area contributed by atoms with E-state index in [1.165, 1.54) is 12.1 Å². The number of ether oxygens (including phenoxy) is 1. The Bertz CT molecular complexity index is 680. The summed E-state index contributed by atoms with van der Waals surface area (Å²) >= 11 is 0. The topological polar surface area (TPSA) is 128 Å². The van der Waals surface area contributed by atoms with Crippen LogP contribution in [0, 0.1) is 21.4 Å². The third-order valence-corrected chi connectivity index (χ3v) is 2.21. The van der Waals surface area contributed by atoms with Crippen molar-refractivity contribution in [1.82, 2.24) is 9.97 Å². The number of para-hydroxylation sites is 1. The summed E-state index contributed by atoms with van der Waals surface area (Å²) in [4.78, 5) is 17.3. The number of hydrogen-bond donors (Lipinski definition) is 1. The Morgan fingerprint density at radius 2 is 2.11 bits per heavy atom. The lowest BCUT2D eigenvalue weighted by atomic mass is 10.2. The quantitative estimate of drug-likeness (QED) is 0.653. The summed E-state index contributed by atoms with van der Waals surface area (Å²) in [5.74, 6) is -0.448. The number of benzene rings is 1. The fraction of sp³-hybridized carbons (Fsp3) is 0. The van der Waals surface area contributed by atoms with E-state index in [9.17, 15) is 10.1 Å². The largest absolute Gasteiger partial charge is 0.432 e. The van der Waals surface area contributed by atoms with Crippen molar-refractivity contribution in [2.75, 3.05) is 5.73 Å². The molecule has 8 nitrogen and oxygen atoms in total. The van der Waals surface area contributed by atoms with Crippen molar-refractivity contribution in [2.45, 2.75) is 0 Å². The van der Waals surface area contributed by atoms with Crippen molar-refractivity contribution < 1.29 is 9.66 Å². The van der Waals surface area contributed by atoms with Crippen molar-refractivity contribution >= 4 is 11.5 Å². The number of rotatable bonds is 3. The summed E-state index contributed by atoms with van der Waals surface area (Å²) in [5, 5.41) is 19.8. The zero-order valence-corrected chi connectivity index (χ0v) is 9.48. The molecule has 0 fully saturated rings. The first-order chi connectivity index (χ1) is 9.13. The van der Waals surface area contributed by atoms with Gasteiger partial charge in [0.05, 0.1) is 10.5 Å². The number of hydrogen-bond acceptors (Lipinski definition) is 7. The Hall–Kier alpha value is -3.21. The van der Waals surface area contributed by atoms with Crippen molar-refractivity contribution in [3.63, 3.8) is 0 Å². The van der Waals surface area contributed by atoms with Gasteiger partial charge in [-0.1, -0.05) is 12.1 Å². The standard InChI is InChI=1S/C11H7N5O3/c12-5-7-3-1-2-4-8(7)19-11-9(16(17)18)10(13)14-6-15-11/h1-4,6H,(H2,13,14,15). The van der Waals surface area contributed by atoms with Gasteiger partial charge in [-0.05, 0) is 12.1 Å². The fourth-order valence-electron chi connectivity index (χ4n) is 1.37. The van der Waals surface area contributed by atoms with Crippen molar-refractivity contribution in [3.05, 3.63) is 46.3 Å². The number of aromatic nitrogens is 2. The molecule has 1 aromatic carbocycles. The number of nitrogens with two attached hydrogens (primary N) is 1. The van der Waals surface area contributed by atoms with Crippen LogP contribution in [0.3, 0.4) is 0 Å². The number of anilines is 1. The average Bonchev–Trinajstić information content (AvgIpc) is 2.39. The predicted molar refractivity (Wildman–Crippen MR) is 64.3 cm³/mol. The SMILES string of the molecule is N#Cc1ccccc1Oc1ncnc(N)c1[N+](=O)[O-]. The zero-order chi connectivity index (χ0) is 13.8. The molecule has 0 spiro atoms. The van der Waals surface area contributed by atoms with Gasteiger partial charge in [0.1, 0.15) is 18.1 Å². The third kappa shape index (κ3) is 2.39. The van der Waals surface area contributed by atoms with E-state index < -0.39 is 10.6 Å². The zero-order valence-electron chi connectivity index (χ0n) is 9.48. The van der Waals surface area contributed by atoms with Gasteiger partial charge in [-0.2, -0.15) is 10.2 Å². The van der Waals surface area contributed by atoms with Crippen molar-refractivity contribution in [2.24, 2.45) is 0 Å². The van der Waals surface area contributed by atoms with Crippen LogP contribution in [0.25, 0.3) is 0 Å². The first kappa shape index (κ1) is 12.3. The lowest BCUT2D eigenvalue weighted by molar-refractivity contribution is -0.385. The number of nitro groups is 1. The van der Waals surface area contributed by atoms with Gasteiger partial charge in [0, 0.05) is 0 Å². The van der Waals surface area contributed by atoms with Gasteiger partial charge >= 0.3 is 11.6 Å². The van der Waals surface area contributed by atoms with Gasteiger partial charge in [0.15, 0.2) is 0 Å². The van der Waals surface area contributed by atoms with E-state index in [-0.39, 0.29) is 23.0 Å². The fourth-order valence-corrected chi connectivity index (χ4v) is 1.37. The minimum Gasteiger partial charge on any atom is -0.432 e. The van der Waals surface area contributed by atoms with Crippen molar-refractivity contribution in [3.8, 4) is 17.7 Å². The molecule has 1 aromatic heterocycles. The first-order valence-corrected chi connectivity index (χ1v) is 5.05. The molecule has 2 aromatic rings. The van der Waals surface area contributed by atoms with Crippen LogP contribution in [0.4, 0.5) is 11.5 Å². The normalized spacial score (nSPS) is 9.63. The van der Waals surface area contributed by atoms with Crippen molar-refractivity contribution in [1.29, 1.82) is 5.26 Å². The highest BCUT2D eigenvalue weighted by Gasteiger charge is 2.23. The molecule has 0 saturated heterocycles. The van der Waals surface area contributed by atoms with Gasteiger partial charge in [0.25, 0.3) is 0 Å². The Morgan fingerprint density at radius 3 is 2.79 bits per heavy atom. The van der Waals surface area contributed by atoms with Crippen LogP contribution < -0.4 is 10.5 Å². The van der Waals surface area contributed by atoms with Crippen LogP contribution in [0.15, 0.2) is 30.6 Å². The second kappa shape index (κ2) is 4.97. The molecule has 19 heavy (non-hydrogen) atoms. The first-order valence-electron chi connectivity index (χ1n) is 5.05. The summed E-state index contributed by atoms with van der Waals surface area (Å²) in [5.41, 5.74) is 5.11. The molecule has 0 aliphatic rings. The highest BCUT2D eigenvalue weighted by molar-refractivity contribution is 5.59. The molecule has 0 saturated carbocycles. The summed E-state index contributed by atoms with van der Waals surface area (Å²) < 4.78 is 5.28. The molecule has 0 aliphatic heterocycles. The third-order valence-electron chi connectivity index (χ3n) is 2.21. The number of nitrogen functional groups attached to an aromatic ring is 1. The second-order valence-electron chi connectivity index (χ2n) is 3.38. The summed E-state index contributed by atoms with van der Waals surface area (Å²) in [6.45, 7) is 0. The van der Waals surface area contributed by atoms with Crippen LogP contribution in [0.1, 0.15) is 5.56 Å². The van der Waals surface area contributed by atoms with E-state index in [0.717, 1.165) is 6.33 Å². The Labute approximate surface area is 107 Å². The monoisotopic (exact) mass is 257 g/mol. The van der Waals surface area contributed by atoms with E-state index in [1.54, 1.807) is 12.1 Å². The Balaban J connectivity index is 2.48. The van der Waals surface area contributed by atoms with Gasteiger partial charge < -0.3 is 10.5 Å². The van der Waals surface area contributed by atoms with Crippen LogP contribution in [-0.2, 0) is 0 Å². The number of nitriles is 1. The summed E-state index contributed by atoms with van der Waals surface area (Å²) in [7, 11) is 0. The highest BCUT2D eigenvalue weighted by Crippen LogP contribution is 2.33. The molecule has 2 N–H and O–H groups in total. The van der Waals surface area contributed by atoms with Crippen LogP contribution >= 0.6 is 0 Å². The summed E-state index contributed by atoms with van der Waals surface area (Å²) in [6.07, 6.45) is 1.05. The Morgan fingerprint density at radius 1 is 1.37 bits per heavy atom. The van der Waals surface area contributed by atoms with E-state index in [0.29, 0.717) is 0 Å². The molecular weight excluding hydrogens is 250 g/mol. The Kier molecular flexibility index (Phi) is 3.20. The van der Waals surface area contributed by atoms with E-state index in [1.807, 2.05) is 6.07 Å². The highest BCUT2D eigenvalue weighted by atomic mass is 16.6. The van der Waals surface area contributed by atoms with Crippen LogP contribution in [0.5, 0.6) is 11.6 Å². The van der Waals surface area contributed by atoms with Gasteiger partial charge in [-0.3, -0.25) is 10.1 Å². The maximum absolute atomic E-state index is 10.9.